The monoisotopic (exact) mass is 357 g/mol. The normalized spacial score (nSPS) is 12.9. The Morgan fingerprint density at radius 2 is 1.95 bits per heavy atom. The van der Waals surface area contributed by atoms with Crippen molar-refractivity contribution in [3.63, 3.8) is 0 Å². The number of benzene rings is 1. The Balaban J connectivity index is 3.09. The highest BCUT2D eigenvalue weighted by atomic mass is 79.9. The summed E-state index contributed by atoms with van der Waals surface area (Å²) in [5.41, 5.74) is -0.587. The number of halogens is 3. The smallest absolute Gasteiger partial charge is 0.325 e. The lowest BCUT2D eigenvalue weighted by molar-refractivity contribution is -0.139. The molecule has 0 fully saturated rings. The van der Waals surface area contributed by atoms with Gasteiger partial charge in [0.15, 0.2) is 5.25 Å². The van der Waals surface area contributed by atoms with E-state index in [4.69, 9.17) is 0 Å². The molecule has 0 bridgehead atoms. The molecule has 19 heavy (non-hydrogen) atoms. The Morgan fingerprint density at radius 1 is 1.37 bits per heavy atom. The Bertz CT molecular complexity index is 606. The summed E-state index contributed by atoms with van der Waals surface area (Å²) in [6.07, 6.45) is 0. The first-order valence-electron chi connectivity index (χ1n) is 4.93. The molecule has 1 atom stereocenters. The van der Waals surface area contributed by atoms with E-state index < -0.39 is 38.6 Å². The molecule has 0 aliphatic heterocycles. The first-order chi connectivity index (χ1) is 8.69. The summed E-state index contributed by atoms with van der Waals surface area (Å²) in [7, 11) is -3.20. The second-order valence-electron chi connectivity index (χ2n) is 3.56. The van der Waals surface area contributed by atoms with E-state index >= 15 is 0 Å². The molecule has 0 heterocycles. The van der Waals surface area contributed by atoms with Crippen LogP contribution in [0.4, 0.5) is 14.5 Å². The Kier molecular flexibility index (Phi) is 4.86. The summed E-state index contributed by atoms with van der Waals surface area (Å²) in [6, 6.07) is 1.44. The molecular weight excluding hydrogens is 348 g/mol. The van der Waals surface area contributed by atoms with Crippen molar-refractivity contribution in [2.75, 3.05) is 11.8 Å². The van der Waals surface area contributed by atoms with Crippen LogP contribution in [0.5, 0.6) is 0 Å². The van der Waals surface area contributed by atoms with Gasteiger partial charge >= 0.3 is 5.97 Å². The third-order valence-electron chi connectivity index (χ3n) is 2.26. The van der Waals surface area contributed by atoms with Crippen molar-refractivity contribution in [1.82, 2.24) is 0 Å². The fourth-order valence-electron chi connectivity index (χ4n) is 1.14. The minimum Gasteiger partial charge on any atom is -0.468 e. The summed E-state index contributed by atoms with van der Waals surface area (Å²) in [4.78, 5) is 11.1. The minimum atomic E-state index is -4.22. The molecule has 9 heteroatoms. The summed E-state index contributed by atoms with van der Waals surface area (Å²) >= 11 is 2.76. The van der Waals surface area contributed by atoms with Crippen molar-refractivity contribution >= 4 is 37.6 Å². The number of sulfonamides is 1. The van der Waals surface area contributed by atoms with Gasteiger partial charge in [-0.05, 0) is 28.9 Å². The number of carbonyl (C=O) groups excluding carboxylic acids is 1. The van der Waals surface area contributed by atoms with Crippen LogP contribution in [0.3, 0.4) is 0 Å². The van der Waals surface area contributed by atoms with Gasteiger partial charge in [0.1, 0.15) is 11.6 Å². The van der Waals surface area contributed by atoms with Gasteiger partial charge in [0.25, 0.3) is 0 Å². The maximum atomic E-state index is 13.5. The van der Waals surface area contributed by atoms with Crippen molar-refractivity contribution in [1.29, 1.82) is 0 Å². The van der Waals surface area contributed by atoms with E-state index in [0.29, 0.717) is 6.07 Å². The minimum absolute atomic E-state index is 0.144. The molecule has 0 aromatic heterocycles. The van der Waals surface area contributed by atoms with Crippen molar-refractivity contribution in [2.24, 2.45) is 0 Å². The number of ether oxygens (including phenoxy) is 1. The van der Waals surface area contributed by atoms with Crippen LogP contribution in [0.2, 0.25) is 0 Å². The molecule has 1 unspecified atom stereocenters. The highest BCUT2D eigenvalue weighted by molar-refractivity contribution is 9.10. The van der Waals surface area contributed by atoms with Gasteiger partial charge in [0.2, 0.25) is 10.0 Å². The predicted octanol–water partition coefficient (Wildman–Crippen LogP) is 2.03. The molecule has 0 amide bonds. The molecule has 106 valence electrons. The molecule has 0 aliphatic rings. The van der Waals surface area contributed by atoms with Gasteiger partial charge in [-0.25, -0.2) is 17.2 Å². The zero-order valence-electron chi connectivity index (χ0n) is 9.91. The van der Waals surface area contributed by atoms with E-state index in [-0.39, 0.29) is 4.47 Å². The fourth-order valence-corrected chi connectivity index (χ4v) is 2.44. The van der Waals surface area contributed by atoms with Crippen LogP contribution in [0.25, 0.3) is 0 Å². The average Bonchev–Trinajstić information content (AvgIpc) is 2.33. The van der Waals surface area contributed by atoms with Crippen LogP contribution in [0.15, 0.2) is 16.6 Å². The second kappa shape index (κ2) is 5.83. The van der Waals surface area contributed by atoms with Crippen LogP contribution in [0.1, 0.15) is 6.92 Å². The number of anilines is 1. The number of hydrogen-bond acceptors (Lipinski definition) is 4. The second-order valence-corrected chi connectivity index (χ2v) is 6.41. The topological polar surface area (TPSA) is 72.5 Å². The highest BCUT2D eigenvalue weighted by Gasteiger charge is 2.29. The van der Waals surface area contributed by atoms with Crippen LogP contribution in [-0.4, -0.2) is 26.7 Å². The van der Waals surface area contributed by atoms with Gasteiger partial charge in [0, 0.05) is 6.07 Å². The first-order valence-corrected chi connectivity index (χ1v) is 7.27. The van der Waals surface area contributed by atoms with Crippen LogP contribution < -0.4 is 4.72 Å². The van der Waals surface area contributed by atoms with E-state index in [0.717, 1.165) is 20.1 Å². The molecule has 0 saturated heterocycles. The molecule has 5 nitrogen and oxygen atoms in total. The molecular formula is C10H10BrF2NO4S. The van der Waals surface area contributed by atoms with E-state index in [1.807, 2.05) is 0 Å². The number of methoxy groups -OCH3 is 1. The lowest BCUT2D eigenvalue weighted by atomic mass is 10.3. The van der Waals surface area contributed by atoms with Crippen molar-refractivity contribution < 1.29 is 26.7 Å². The van der Waals surface area contributed by atoms with Crippen molar-refractivity contribution in [3.05, 3.63) is 28.2 Å². The maximum absolute atomic E-state index is 13.5. The van der Waals surface area contributed by atoms with Gasteiger partial charge in [-0.3, -0.25) is 9.52 Å². The third-order valence-corrected chi connectivity index (χ3v) is 4.50. The average molecular weight is 358 g/mol. The predicted molar refractivity (Wildman–Crippen MR) is 68.1 cm³/mol. The van der Waals surface area contributed by atoms with Crippen molar-refractivity contribution in [2.45, 2.75) is 12.2 Å². The van der Waals surface area contributed by atoms with Gasteiger partial charge in [-0.1, -0.05) is 0 Å². The quantitative estimate of drug-likeness (QED) is 0.660. The lowest BCUT2D eigenvalue weighted by Crippen LogP contribution is -2.33. The van der Waals surface area contributed by atoms with E-state index in [9.17, 15) is 22.0 Å². The van der Waals surface area contributed by atoms with Crippen LogP contribution in [-0.2, 0) is 19.6 Å². The van der Waals surface area contributed by atoms with E-state index in [1.165, 1.54) is 0 Å². The number of nitrogens with one attached hydrogen (secondary N) is 1. The van der Waals surface area contributed by atoms with Gasteiger partial charge < -0.3 is 4.74 Å². The summed E-state index contributed by atoms with van der Waals surface area (Å²) in [5.74, 6) is -2.83. The zero-order chi connectivity index (χ0) is 14.8. The Labute approximate surface area is 117 Å². The fraction of sp³-hybridized carbons (Fsp3) is 0.300. The largest absolute Gasteiger partial charge is 0.468 e. The van der Waals surface area contributed by atoms with E-state index in [1.54, 1.807) is 4.72 Å². The van der Waals surface area contributed by atoms with Crippen LogP contribution in [0, 0.1) is 11.6 Å². The van der Waals surface area contributed by atoms with Gasteiger partial charge in [0.05, 0.1) is 17.3 Å². The number of esters is 1. The molecule has 1 rings (SSSR count). The van der Waals surface area contributed by atoms with Gasteiger partial charge in [-0.2, -0.15) is 0 Å². The summed E-state index contributed by atoms with van der Waals surface area (Å²) in [6.45, 7) is 1.07. The summed E-state index contributed by atoms with van der Waals surface area (Å²) < 4.78 is 56.1. The lowest BCUT2D eigenvalue weighted by Gasteiger charge is -2.13. The zero-order valence-corrected chi connectivity index (χ0v) is 12.3. The molecule has 1 aromatic carbocycles. The molecule has 0 aliphatic carbocycles. The standard InChI is InChI=1S/C10H10BrF2NO4S/c1-5(10(15)18-2)19(16,17)14-9-4-7(12)6(11)3-8(9)13/h3-5,14H,1-2H3. The Hall–Kier alpha value is -1.22. The number of hydrogen-bond donors (Lipinski definition) is 1. The van der Waals surface area contributed by atoms with E-state index in [2.05, 4.69) is 20.7 Å². The molecule has 1 aromatic rings. The maximum Gasteiger partial charge on any atom is 0.325 e. The molecule has 0 saturated carbocycles. The molecule has 0 radical (unpaired) electrons. The SMILES string of the molecule is COC(=O)C(C)S(=O)(=O)Nc1cc(F)c(Br)cc1F. The molecule has 0 spiro atoms. The van der Waals surface area contributed by atoms with Crippen molar-refractivity contribution in [3.8, 4) is 0 Å². The summed E-state index contributed by atoms with van der Waals surface area (Å²) in [5, 5.41) is -1.55. The van der Waals surface area contributed by atoms with Crippen LogP contribution >= 0.6 is 15.9 Å². The highest BCUT2D eigenvalue weighted by Crippen LogP contribution is 2.24. The third kappa shape index (κ3) is 3.63. The number of carbonyl (C=O) groups is 1. The Morgan fingerprint density at radius 3 is 2.47 bits per heavy atom. The number of rotatable bonds is 4. The van der Waals surface area contributed by atoms with Gasteiger partial charge in [-0.15, -0.1) is 0 Å². The molecule has 1 N–H and O–H groups in total. The first kappa shape index (κ1) is 15.8.